The second-order valence-corrected chi connectivity index (χ2v) is 6.89. The third-order valence-corrected chi connectivity index (χ3v) is 6.16. The van der Waals surface area contributed by atoms with E-state index < -0.39 is 0 Å². The molecular formula is C14H24. The minimum Gasteiger partial charge on any atom is -0.0625 e. The van der Waals surface area contributed by atoms with Crippen molar-refractivity contribution >= 4 is 0 Å². The molecule has 1 spiro atoms. The lowest BCUT2D eigenvalue weighted by atomic mass is 9.66. The summed E-state index contributed by atoms with van der Waals surface area (Å²) in [5.74, 6) is 3.13. The molecule has 3 saturated carbocycles. The first kappa shape index (κ1) is 9.24. The number of hydrogen-bond acceptors (Lipinski definition) is 0. The Morgan fingerprint density at radius 3 is 2.57 bits per heavy atom. The number of hydrogen-bond donors (Lipinski definition) is 0. The first-order chi connectivity index (χ1) is 6.57. The molecule has 3 fully saturated rings. The second kappa shape index (κ2) is 2.57. The van der Waals surface area contributed by atoms with Gasteiger partial charge >= 0.3 is 0 Å². The van der Waals surface area contributed by atoms with Crippen LogP contribution in [0, 0.1) is 28.6 Å². The van der Waals surface area contributed by atoms with Gasteiger partial charge in [0.1, 0.15) is 0 Å². The van der Waals surface area contributed by atoms with Gasteiger partial charge in [-0.25, -0.2) is 0 Å². The fourth-order valence-corrected chi connectivity index (χ4v) is 5.72. The van der Waals surface area contributed by atoms with Crippen LogP contribution in [0.25, 0.3) is 0 Å². The molecule has 5 atom stereocenters. The fraction of sp³-hybridized carbons (Fsp3) is 1.00. The van der Waals surface area contributed by atoms with Gasteiger partial charge in [0.05, 0.1) is 0 Å². The maximum absolute atomic E-state index is 2.61. The lowest BCUT2D eigenvalue weighted by molar-refractivity contribution is 0.0996. The molecule has 80 valence electrons. The monoisotopic (exact) mass is 192 g/mol. The zero-order valence-corrected chi connectivity index (χ0v) is 9.97. The highest BCUT2D eigenvalue weighted by Crippen LogP contribution is 2.73. The topological polar surface area (TPSA) is 0 Å². The molecule has 14 heavy (non-hydrogen) atoms. The van der Waals surface area contributed by atoms with Crippen LogP contribution in [0.15, 0.2) is 0 Å². The Labute approximate surface area is 88.5 Å². The van der Waals surface area contributed by atoms with E-state index in [9.17, 15) is 0 Å². The van der Waals surface area contributed by atoms with Crippen LogP contribution in [0.4, 0.5) is 0 Å². The summed E-state index contributed by atoms with van der Waals surface area (Å²) in [6.45, 7) is 7.60. The first-order valence-electron chi connectivity index (χ1n) is 6.57. The lowest BCUT2D eigenvalue weighted by Crippen LogP contribution is -2.31. The van der Waals surface area contributed by atoms with E-state index in [0.717, 1.165) is 28.6 Å². The fourth-order valence-electron chi connectivity index (χ4n) is 5.72. The number of rotatable bonds is 0. The Bertz CT molecular complexity index is 257. The molecule has 0 amide bonds. The van der Waals surface area contributed by atoms with Crippen LogP contribution in [-0.4, -0.2) is 0 Å². The predicted octanol–water partition coefficient (Wildman–Crippen LogP) is 4.25. The summed E-state index contributed by atoms with van der Waals surface area (Å²) in [5, 5.41) is 0. The molecule has 3 rings (SSSR count). The molecule has 0 heteroatoms. The molecular weight excluding hydrogens is 168 g/mol. The van der Waals surface area contributed by atoms with Gasteiger partial charge in [0.25, 0.3) is 0 Å². The average Bonchev–Trinajstić information content (AvgIpc) is 2.60. The molecule has 0 heterocycles. The summed E-state index contributed by atoms with van der Waals surface area (Å²) < 4.78 is 0. The molecule has 3 aliphatic rings. The lowest BCUT2D eigenvalue weighted by Gasteiger charge is -2.38. The SMILES string of the molecule is CC1CC2(C)CCC3C(C)CCC32C1. The Morgan fingerprint density at radius 1 is 1.00 bits per heavy atom. The van der Waals surface area contributed by atoms with Gasteiger partial charge in [-0.05, 0) is 67.1 Å². The normalized spacial score (nSPS) is 61.5. The molecule has 5 unspecified atom stereocenters. The predicted molar refractivity (Wildman–Crippen MR) is 60.1 cm³/mol. The van der Waals surface area contributed by atoms with Gasteiger partial charge in [-0.15, -0.1) is 0 Å². The maximum Gasteiger partial charge on any atom is -0.0210 e. The van der Waals surface area contributed by atoms with Crippen LogP contribution in [0.5, 0.6) is 0 Å². The van der Waals surface area contributed by atoms with Crippen molar-refractivity contribution in [2.24, 2.45) is 28.6 Å². The Morgan fingerprint density at radius 2 is 1.79 bits per heavy atom. The smallest absolute Gasteiger partial charge is 0.0210 e. The molecule has 0 aliphatic heterocycles. The summed E-state index contributed by atoms with van der Waals surface area (Å²) >= 11 is 0. The van der Waals surface area contributed by atoms with Crippen molar-refractivity contribution in [1.29, 1.82) is 0 Å². The van der Waals surface area contributed by atoms with Gasteiger partial charge in [0, 0.05) is 0 Å². The summed E-state index contributed by atoms with van der Waals surface area (Å²) in [6.07, 6.45) is 9.23. The molecule has 0 radical (unpaired) electrons. The molecule has 3 aliphatic carbocycles. The van der Waals surface area contributed by atoms with Gasteiger partial charge in [-0.2, -0.15) is 0 Å². The van der Waals surface area contributed by atoms with Crippen molar-refractivity contribution in [3.8, 4) is 0 Å². The van der Waals surface area contributed by atoms with Crippen molar-refractivity contribution in [3.05, 3.63) is 0 Å². The maximum atomic E-state index is 2.61. The third kappa shape index (κ3) is 0.864. The zero-order chi connectivity index (χ0) is 9.97. The largest absolute Gasteiger partial charge is 0.0625 e. The zero-order valence-electron chi connectivity index (χ0n) is 9.97. The van der Waals surface area contributed by atoms with Crippen molar-refractivity contribution in [3.63, 3.8) is 0 Å². The van der Waals surface area contributed by atoms with Crippen LogP contribution < -0.4 is 0 Å². The van der Waals surface area contributed by atoms with E-state index in [1.807, 2.05) is 0 Å². The quantitative estimate of drug-likeness (QED) is 0.538. The van der Waals surface area contributed by atoms with Crippen molar-refractivity contribution in [2.75, 3.05) is 0 Å². The van der Waals surface area contributed by atoms with Crippen molar-refractivity contribution in [2.45, 2.75) is 59.3 Å². The van der Waals surface area contributed by atoms with E-state index in [2.05, 4.69) is 20.8 Å². The summed E-state index contributed by atoms with van der Waals surface area (Å²) in [5.41, 5.74) is 1.54. The van der Waals surface area contributed by atoms with Gasteiger partial charge in [0.15, 0.2) is 0 Å². The highest BCUT2D eigenvalue weighted by molar-refractivity contribution is 5.13. The Kier molecular flexibility index (Phi) is 1.70. The van der Waals surface area contributed by atoms with E-state index >= 15 is 0 Å². The highest BCUT2D eigenvalue weighted by Gasteiger charge is 2.64. The molecule has 0 aromatic carbocycles. The second-order valence-electron chi connectivity index (χ2n) is 6.89. The van der Waals surface area contributed by atoms with Gasteiger partial charge in [0.2, 0.25) is 0 Å². The van der Waals surface area contributed by atoms with Crippen molar-refractivity contribution < 1.29 is 0 Å². The van der Waals surface area contributed by atoms with Crippen LogP contribution in [0.2, 0.25) is 0 Å². The van der Waals surface area contributed by atoms with E-state index in [0.29, 0.717) is 0 Å². The molecule has 0 N–H and O–H groups in total. The Balaban J connectivity index is 2.01. The van der Waals surface area contributed by atoms with E-state index in [1.54, 1.807) is 19.3 Å². The van der Waals surface area contributed by atoms with E-state index in [1.165, 1.54) is 19.3 Å². The molecule has 0 nitrogen and oxygen atoms in total. The van der Waals surface area contributed by atoms with Gasteiger partial charge < -0.3 is 0 Å². The summed E-state index contributed by atoms with van der Waals surface area (Å²) in [4.78, 5) is 0. The minimum absolute atomic E-state index is 0.738. The summed E-state index contributed by atoms with van der Waals surface area (Å²) in [6, 6.07) is 0. The Hall–Kier alpha value is 0. The molecule has 0 bridgehead atoms. The molecule has 0 aromatic heterocycles. The van der Waals surface area contributed by atoms with Gasteiger partial charge in [-0.3, -0.25) is 0 Å². The standard InChI is InChI=1S/C14H24/c1-10-8-13(3)6-5-12-11(2)4-7-14(12,13)9-10/h10-12H,4-9H2,1-3H3. The minimum atomic E-state index is 0.738. The van der Waals surface area contributed by atoms with Crippen LogP contribution >= 0.6 is 0 Å². The van der Waals surface area contributed by atoms with Crippen LogP contribution in [0.3, 0.4) is 0 Å². The first-order valence-corrected chi connectivity index (χ1v) is 6.57. The summed E-state index contributed by atoms with van der Waals surface area (Å²) in [7, 11) is 0. The van der Waals surface area contributed by atoms with Crippen molar-refractivity contribution in [1.82, 2.24) is 0 Å². The third-order valence-electron chi connectivity index (χ3n) is 6.16. The van der Waals surface area contributed by atoms with Crippen LogP contribution in [0.1, 0.15) is 59.3 Å². The molecule has 0 saturated heterocycles. The molecule has 0 aromatic rings. The highest BCUT2D eigenvalue weighted by atomic mass is 14.7. The van der Waals surface area contributed by atoms with Crippen LogP contribution in [-0.2, 0) is 0 Å². The average molecular weight is 192 g/mol. The van der Waals surface area contributed by atoms with E-state index in [4.69, 9.17) is 0 Å². The van der Waals surface area contributed by atoms with Gasteiger partial charge in [-0.1, -0.05) is 20.8 Å². The van der Waals surface area contributed by atoms with E-state index in [-0.39, 0.29) is 0 Å².